The van der Waals surface area contributed by atoms with E-state index in [0.717, 1.165) is 6.54 Å². The van der Waals surface area contributed by atoms with Crippen LogP contribution >= 0.6 is 0 Å². The summed E-state index contributed by atoms with van der Waals surface area (Å²) in [5.74, 6) is 0.00798. The Balaban J connectivity index is 2.20. The van der Waals surface area contributed by atoms with E-state index in [-0.39, 0.29) is 11.5 Å². The first-order valence-corrected chi connectivity index (χ1v) is 5.33. The molecule has 0 aromatic heterocycles. The van der Waals surface area contributed by atoms with Gasteiger partial charge in [0, 0.05) is 25.6 Å². The highest BCUT2D eigenvalue weighted by Crippen LogP contribution is 1.98. The van der Waals surface area contributed by atoms with Crippen LogP contribution in [0.1, 0.15) is 18.9 Å². The number of benzene rings is 1. The molecule has 0 radical (unpaired) electrons. The van der Waals surface area contributed by atoms with Crippen molar-refractivity contribution in [3.63, 3.8) is 0 Å². The van der Waals surface area contributed by atoms with Gasteiger partial charge in [-0.05, 0) is 12.5 Å². The van der Waals surface area contributed by atoms with Gasteiger partial charge in [-0.2, -0.15) is 0 Å². The summed E-state index contributed by atoms with van der Waals surface area (Å²) in [7, 11) is 0. The van der Waals surface area contributed by atoms with Gasteiger partial charge in [-0.15, -0.1) is 0 Å². The van der Waals surface area contributed by atoms with Crippen LogP contribution in [0.3, 0.4) is 0 Å². The number of aliphatic hydroxyl groups is 1. The topological polar surface area (TPSA) is 49.3 Å². The molecule has 0 spiro atoms. The molecule has 0 aliphatic carbocycles. The summed E-state index contributed by atoms with van der Waals surface area (Å²) in [6, 6.07) is 10.0. The molecule has 1 rings (SSSR count). The first-order chi connectivity index (χ1) is 7.68. The monoisotopic (exact) mass is 219 g/mol. The molecular weight excluding hydrogens is 202 g/mol. The third kappa shape index (κ3) is 5.32. The number of ketones is 1. The largest absolute Gasteiger partial charge is 0.512 e. The second kappa shape index (κ2) is 6.80. The van der Waals surface area contributed by atoms with Crippen molar-refractivity contribution in [3.05, 3.63) is 47.7 Å². The van der Waals surface area contributed by atoms with Crippen LogP contribution in [0, 0.1) is 0 Å². The average molecular weight is 219 g/mol. The van der Waals surface area contributed by atoms with E-state index < -0.39 is 0 Å². The van der Waals surface area contributed by atoms with Gasteiger partial charge in [0.05, 0.1) is 5.76 Å². The first-order valence-electron chi connectivity index (χ1n) is 5.33. The molecule has 0 saturated carbocycles. The molecule has 0 unspecified atom stereocenters. The van der Waals surface area contributed by atoms with Crippen molar-refractivity contribution in [1.29, 1.82) is 0 Å². The maximum Gasteiger partial charge on any atom is 0.155 e. The van der Waals surface area contributed by atoms with E-state index in [1.54, 1.807) is 0 Å². The molecule has 0 bridgehead atoms. The van der Waals surface area contributed by atoms with Crippen LogP contribution < -0.4 is 5.32 Å². The zero-order chi connectivity index (χ0) is 11.8. The molecule has 1 aromatic carbocycles. The van der Waals surface area contributed by atoms with Gasteiger partial charge in [-0.1, -0.05) is 30.3 Å². The summed E-state index contributed by atoms with van der Waals surface area (Å²) in [6.07, 6.45) is 1.73. The highest BCUT2D eigenvalue weighted by atomic mass is 16.3. The zero-order valence-corrected chi connectivity index (χ0v) is 9.44. The Labute approximate surface area is 95.8 Å². The van der Waals surface area contributed by atoms with E-state index in [2.05, 4.69) is 5.32 Å². The number of allylic oxidation sites excluding steroid dienone is 1. The first kappa shape index (κ1) is 12.5. The SMILES string of the molecule is CC(=O)/C=C(\O)CCNCc1ccccc1. The van der Waals surface area contributed by atoms with E-state index in [1.807, 2.05) is 30.3 Å². The Morgan fingerprint density at radius 3 is 2.69 bits per heavy atom. The van der Waals surface area contributed by atoms with Crippen molar-refractivity contribution < 1.29 is 9.90 Å². The van der Waals surface area contributed by atoms with E-state index in [4.69, 9.17) is 0 Å². The fraction of sp³-hybridized carbons (Fsp3) is 0.308. The van der Waals surface area contributed by atoms with Gasteiger partial charge in [0.15, 0.2) is 5.78 Å². The zero-order valence-electron chi connectivity index (χ0n) is 9.44. The van der Waals surface area contributed by atoms with E-state index in [1.165, 1.54) is 18.6 Å². The van der Waals surface area contributed by atoms with Crippen molar-refractivity contribution in [3.8, 4) is 0 Å². The van der Waals surface area contributed by atoms with Crippen molar-refractivity contribution >= 4 is 5.78 Å². The van der Waals surface area contributed by atoms with Gasteiger partial charge in [-0.3, -0.25) is 4.79 Å². The molecule has 3 nitrogen and oxygen atoms in total. The van der Waals surface area contributed by atoms with Crippen LogP contribution in [-0.4, -0.2) is 17.4 Å². The normalized spacial score (nSPS) is 11.4. The van der Waals surface area contributed by atoms with Crippen molar-refractivity contribution in [2.24, 2.45) is 0 Å². The summed E-state index contributed by atoms with van der Waals surface area (Å²) in [5, 5.41) is 12.5. The molecular formula is C13H17NO2. The molecule has 86 valence electrons. The predicted octanol–water partition coefficient (Wildman–Crippen LogP) is 2.20. The van der Waals surface area contributed by atoms with Gasteiger partial charge in [0.2, 0.25) is 0 Å². The number of aliphatic hydroxyl groups excluding tert-OH is 1. The maximum atomic E-state index is 10.7. The summed E-state index contributed by atoms with van der Waals surface area (Å²) in [4.78, 5) is 10.7. The lowest BCUT2D eigenvalue weighted by atomic mass is 10.2. The number of hydrogen-bond acceptors (Lipinski definition) is 3. The van der Waals surface area contributed by atoms with Crippen LogP contribution in [-0.2, 0) is 11.3 Å². The fourth-order valence-corrected chi connectivity index (χ4v) is 1.35. The van der Waals surface area contributed by atoms with Gasteiger partial charge >= 0.3 is 0 Å². The number of hydrogen-bond donors (Lipinski definition) is 2. The molecule has 2 N–H and O–H groups in total. The number of carbonyl (C=O) groups is 1. The van der Waals surface area contributed by atoms with E-state index in [9.17, 15) is 9.90 Å². The molecule has 0 heterocycles. The predicted molar refractivity (Wildman–Crippen MR) is 64.2 cm³/mol. The smallest absolute Gasteiger partial charge is 0.155 e. The third-order valence-corrected chi connectivity index (χ3v) is 2.10. The van der Waals surface area contributed by atoms with Gasteiger partial charge < -0.3 is 10.4 Å². The Morgan fingerprint density at radius 2 is 2.06 bits per heavy atom. The molecule has 0 atom stereocenters. The molecule has 3 heteroatoms. The average Bonchev–Trinajstić information content (AvgIpc) is 2.25. The van der Waals surface area contributed by atoms with Gasteiger partial charge in [0.1, 0.15) is 0 Å². The fourth-order valence-electron chi connectivity index (χ4n) is 1.35. The van der Waals surface area contributed by atoms with Crippen LogP contribution in [0.15, 0.2) is 42.2 Å². The number of carbonyl (C=O) groups excluding carboxylic acids is 1. The Kier molecular flexibility index (Phi) is 5.29. The van der Waals surface area contributed by atoms with Crippen LogP contribution in [0.2, 0.25) is 0 Å². The van der Waals surface area contributed by atoms with Crippen LogP contribution in [0.5, 0.6) is 0 Å². The van der Waals surface area contributed by atoms with Crippen molar-refractivity contribution in [2.45, 2.75) is 19.9 Å². The number of nitrogens with one attached hydrogen (secondary N) is 1. The maximum absolute atomic E-state index is 10.7. The molecule has 0 amide bonds. The van der Waals surface area contributed by atoms with Crippen LogP contribution in [0.25, 0.3) is 0 Å². The summed E-state index contributed by atoms with van der Waals surface area (Å²) in [5.41, 5.74) is 1.21. The van der Waals surface area contributed by atoms with Gasteiger partial charge in [-0.25, -0.2) is 0 Å². The quantitative estimate of drug-likeness (QED) is 0.438. The standard InChI is InChI=1S/C13H17NO2/c1-11(15)9-13(16)7-8-14-10-12-5-3-2-4-6-12/h2-6,9,14,16H,7-8,10H2,1H3/b13-9-. The Bertz CT molecular complexity index is 357. The third-order valence-electron chi connectivity index (χ3n) is 2.10. The highest BCUT2D eigenvalue weighted by molar-refractivity contribution is 5.87. The lowest BCUT2D eigenvalue weighted by molar-refractivity contribution is -0.112. The lowest BCUT2D eigenvalue weighted by Crippen LogP contribution is -2.15. The number of rotatable bonds is 6. The molecule has 0 aliphatic heterocycles. The van der Waals surface area contributed by atoms with E-state index in [0.29, 0.717) is 13.0 Å². The second-order valence-corrected chi connectivity index (χ2v) is 3.66. The minimum Gasteiger partial charge on any atom is -0.512 e. The Morgan fingerprint density at radius 1 is 1.38 bits per heavy atom. The Hall–Kier alpha value is -1.61. The lowest BCUT2D eigenvalue weighted by Gasteiger charge is -2.04. The van der Waals surface area contributed by atoms with Crippen molar-refractivity contribution in [2.75, 3.05) is 6.54 Å². The van der Waals surface area contributed by atoms with Crippen LogP contribution in [0.4, 0.5) is 0 Å². The molecule has 0 aliphatic rings. The minimum absolute atomic E-state index is 0.124. The minimum atomic E-state index is -0.124. The molecule has 1 aromatic rings. The summed E-state index contributed by atoms with van der Waals surface area (Å²) in [6.45, 7) is 2.85. The summed E-state index contributed by atoms with van der Waals surface area (Å²) >= 11 is 0. The second-order valence-electron chi connectivity index (χ2n) is 3.66. The van der Waals surface area contributed by atoms with E-state index >= 15 is 0 Å². The molecule has 16 heavy (non-hydrogen) atoms. The van der Waals surface area contributed by atoms with Gasteiger partial charge in [0.25, 0.3) is 0 Å². The molecule has 0 fully saturated rings. The molecule has 0 saturated heterocycles. The van der Waals surface area contributed by atoms with Crippen molar-refractivity contribution in [1.82, 2.24) is 5.32 Å². The summed E-state index contributed by atoms with van der Waals surface area (Å²) < 4.78 is 0. The highest BCUT2D eigenvalue weighted by Gasteiger charge is 1.96.